The van der Waals surface area contributed by atoms with Gasteiger partial charge in [-0.25, -0.2) is 0 Å². The molecule has 3 rings (SSSR count). The summed E-state index contributed by atoms with van der Waals surface area (Å²) < 4.78 is 10.8. The van der Waals surface area contributed by atoms with Crippen LogP contribution in [0, 0.1) is 0 Å². The lowest BCUT2D eigenvalue weighted by atomic mass is 9.73. The zero-order valence-electron chi connectivity index (χ0n) is 16.0. The second-order valence-electron chi connectivity index (χ2n) is 6.97. The third kappa shape index (κ3) is 3.75. The molecule has 0 saturated carbocycles. The summed E-state index contributed by atoms with van der Waals surface area (Å²) in [5, 5.41) is 0. The Bertz CT molecular complexity index is 755. The summed E-state index contributed by atoms with van der Waals surface area (Å²) in [5.41, 5.74) is 3.38. The Labute approximate surface area is 160 Å². The quantitative estimate of drug-likeness (QED) is 0.639. The number of fused-ring (bicyclic) bond motifs is 3. The Kier molecular flexibility index (Phi) is 5.94. The monoisotopic (exact) mass is 366 g/mol. The van der Waals surface area contributed by atoms with E-state index in [1.807, 2.05) is 62.4 Å². The van der Waals surface area contributed by atoms with E-state index in [-0.39, 0.29) is 24.8 Å². The highest BCUT2D eigenvalue weighted by Gasteiger charge is 2.46. The van der Waals surface area contributed by atoms with E-state index >= 15 is 0 Å². The Morgan fingerprint density at radius 3 is 1.56 bits per heavy atom. The van der Waals surface area contributed by atoms with Crippen LogP contribution in [0.2, 0.25) is 0 Å². The van der Waals surface area contributed by atoms with Crippen molar-refractivity contribution in [3.05, 3.63) is 59.7 Å². The van der Waals surface area contributed by atoms with Crippen molar-refractivity contribution in [3.63, 3.8) is 0 Å². The number of carbonyl (C=O) groups excluding carboxylic acids is 2. The topological polar surface area (TPSA) is 52.6 Å². The van der Waals surface area contributed by atoms with E-state index in [0.29, 0.717) is 13.2 Å². The summed E-state index contributed by atoms with van der Waals surface area (Å²) in [6.45, 7) is 4.70. The minimum Gasteiger partial charge on any atom is -0.466 e. The smallest absolute Gasteiger partial charge is 0.307 e. The fourth-order valence-electron chi connectivity index (χ4n) is 3.89. The van der Waals surface area contributed by atoms with Crippen LogP contribution in [0.15, 0.2) is 48.5 Å². The molecule has 0 unspecified atom stereocenters. The van der Waals surface area contributed by atoms with Gasteiger partial charge in [0, 0.05) is 5.41 Å². The first-order chi connectivity index (χ1) is 13.1. The van der Waals surface area contributed by atoms with Crippen LogP contribution in [0.4, 0.5) is 0 Å². The zero-order chi connectivity index (χ0) is 19.3. The van der Waals surface area contributed by atoms with Crippen molar-refractivity contribution >= 4 is 11.9 Å². The largest absolute Gasteiger partial charge is 0.466 e. The van der Waals surface area contributed by atoms with Gasteiger partial charge in [-0.2, -0.15) is 0 Å². The van der Waals surface area contributed by atoms with Gasteiger partial charge in [0.05, 0.1) is 26.1 Å². The van der Waals surface area contributed by atoms with Crippen molar-refractivity contribution in [2.75, 3.05) is 13.2 Å². The van der Waals surface area contributed by atoms with Crippen molar-refractivity contribution in [3.8, 4) is 11.1 Å². The molecule has 0 atom stereocenters. The van der Waals surface area contributed by atoms with Crippen molar-refractivity contribution in [1.82, 2.24) is 0 Å². The maximum atomic E-state index is 12.6. The van der Waals surface area contributed by atoms with Crippen LogP contribution in [-0.4, -0.2) is 25.2 Å². The summed E-state index contributed by atoms with van der Waals surface area (Å²) in [6.07, 6.45) is 1.79. The average molecular weight is 366 g/mol. The maximum Gasteiger partial charge on any atom is 0.307 e. The molecule has 2 aromatic rings. The summed E-state index contributed by atoms with van der Waals surface area (Å²) in [5.74, 6) is -0.571. The standard InChI is InChI=1S/C23H26O4/c1-3-13-26-21(24)15-23(16-22(25)27-14-4-2)19-11-7-5-9-17(19)18-10-6-8-12-20(18)23/h5-12H,3-4,13-16H2,1-2H3. The van der Waals surface area contributed by atoms with E-state index in [1.165, 1.54) is 0 Å². The minimum absolute atomic E-state index is 0.127. The van der Waals surface area contributed by atoms with Crippen molar-refractivity contribution < 1.29 is 19.1 Å². The van der Waals surface area contributed by atoms with Gasteiger partial charge in [0.25, 0.3) is 0 Å². The molecule has 0 heterocycles. The van der Waals surface area contributed by atoms with Gasteiger partial charge in [0.1, 0.15) is 0 Å². The molecule has 0 aliphatic heterocycles. The third-order valence-corrected chi connectivity index (χ3v) is 5.00. The molecule has 4 nitrogen and oxygen atoms in total. The van der Waals surface area contributed by atoms with Gasteiger partial charge in [0.2, 0.25) is 0 Å². The van der Waals surface area contributed by atoms with Crippen LogP contribution >= 0.6 is 0 Å². The second-order valence-corrected chi connectivity index (χ2v) is 6.97. The zero-order valence-corrected chi connectivity index (χ0v) is 16.0. The SMILES string of the molecule is CCCOC(=O)CC1(CC(=O)OCCC)c2ccccc2-c2ccccc21. The molecule has 0 N–H and O–H groups in total. The molecule has 0 radical (unpaired) electrons. The first-order valence-corrected chi connectivity index (χ1v) is 9.63. The number of hydrogen-bond donors (Lipinski definition) is 0. The number of ether oxygens (including phenoxy) is 2. The Hall–Kier alpha value is -2.62. The molecule has 4 heteroatoms. The predicted molar refractivity (Wildman–Crippen MR) is 104 cm³/mol. The second kappa shape index (κ2) is 8.38. The molecular formula is C23H26O4. The van der Waals surface area contributed by atoms with E-state index < -0.39 is 5.41 Å². The summed E-state index contributed by atoms with van der Waals surface area (Å²) >= 11 is 0. The average Bonchev–Trinajstić information content (AvgIpc) is 2.95. The van der Waals surface area contributed by atoms with Gasteiger partial charge in [-0.15, -0.1) is 0 Å². The summed E-state index contributed by atoms with van der Waals surface area (Å²) in [4.78, 5) is 25.2. The lowest BCUT2D eigenvalue weighted by Crippen LogP contribution is -2.33. The highest BCUT2D eigenvalue weighted by atomic mass is 16.5. The lowest BCUT2D eigenvalue weighted by Gasteiger charge is -2.30. The number of esters is 2. The van der Waals surface area contributed by atoms with Crippen molar-refractivity contribution in [2.24, 2.45) is 0 Å². The van der Waals surface area contributed by atoms with E-state index in [9.17, 15) is 9.59 Å². The molecule has 2 aromatic carbocycles. The first-order valence-electron chi connectivity index (χ1n) is 9.63. The highest BCUT2D eigenvalue weighted by molar-refractivity contribution is 5.88. The third-order valence-electron chi connectivity index (χ3n) is 5.00. The van der Waals surface area contributed by atoms with Gasteiger partial charge in [-0.1, -0.05) is 62.4 Å². The fraction of sp³-hybridized carbons (Fsp3) is 0.391. The molecule has 142 valence electrons. The van der Waals surface area contributed by atoms with E-state index in [2.05, 4.69) is 0 Å². The van der Waals surface area contributed by atoms with Crippen LogP contribution < -0.4 is 0 Å². The minimum atomic E-state index is -0.747. The van der Waals surface area contributed by atoms with Gasteiger partial charge in [-0.3, -0.25) is 9.59 Å². The van der Waals surface area contributed by atoms with Crippen LogP contribution in [0.3, 0.4) is 0 Å². The van der Waals surface area contributed by atoms with Crippen molar-refractivity contribution in [1.29, 1.82) is 0 Å². The van der Waals surface area contributed by atoms with Gasteiger partial charge >= 0.3 is 11.9 Å². The van der Waals surface area contributed by atoms with Crippen molar-refractivity contribution in [2.45, 2.75) is 44.9 Å². The number of rotatable bonds is 8. The predicted octanol–water partition coefficient (Wildman–Crippen LogP) is 4.64. The molecular weight excluding hydrogens is 340 g/mol. The Morgan fingerprint density at radius 2 is 1.15 bits per heavy atom. The molecule has 0 saturated heterocycles. The molecule has 1 aliphatic carbocycles. The molecule has 0 amide bonds. The molecule has 0 aromatic heterocycles. The van der Waals surface area contributed by atoms with E-state index in [1.54, 1.807) is 0 Å². The number of hydrogen-bond acceptors (Lipinski definition) is 4. The van der Waals surface area contributed by atoms with Crippen LogP contribution in [-0.2, 0) is 24.5 Å². The van der Waals surface area contributed by atoms with E-state index in [4.69, 9.17) is 9.47 Å². The molecule has 27 heavy (non-hydrogen) atoms. The molecule has 0 fully saturated rings. The fourth-order valence-corrected chi connectivity index (χ4v) is 3.89. The molecule has 1 aliphatic rings. The first kappa shape index (κ1) is 19.2. The highest BCUT2D eigenvalue weighted by Crippen LogP contribution is 2.52. The van der Waals surface area contributed by atoms with Gasteiger partial charge < -0.3 is 9.47 Å². The number of benzene rings is 2. The molecule has 0 bridgehead atoms. The Morgan fingerprint density at radius 1 is 0.741 bits per heavy atom. The summed E-state index contributed by atoms with van der Waals surface area (Å²) in [6, 6.07) is 16.0. The maximum absolute atomic E-state index is 12.6. The molecule has 0 spiro atoms. The number of carbonyl (C=O) groups is 2. The van der Waals surface area contributed by atoms with Crippen LogP contribution in [0.5, 0.6) is 0 Å². The Balaban J connectivity index is 2.06. The van der Waals surface area contributed by atoms with Gasteiger partial charge in [-0.05, 0) is 35.1 Å². The lowest BCUT2D eigenvalue weighted by molar-refractivity contribution is -0.147. The van der Waals surface area contributed by atoms with Gasteiger partial charge in [0.15, 0.2) is 0 Å². The normalized spacial score (nSPS) is 13.6. The van der Waals surface area contributed by atoms with Crippen LogP contribution in [0.1, 0.15) is 50.7 Å². The summed E-state index contributed by atoms with van der Waals surface area (Å²) in [7, 11) is 0. The van der Waals surface area contributed by atoms with E-state index in [0.717, 1.165) is 35.1 Å². The van der Waals surface area contributed by atoms with Crippen LogP contribution in [0.25, 0.3) is 11.1 Å².